The summed E-state index contributed by atoms with van der Waals surface area (Å²) in [4.78, 5) is 6.87. The van der Waals surface area contributed by atoms with Crippen molar-refractivity contribution in [3.8, 4) is 5.75 Å². The van der Waals surface area contributed by atoms with E-state index in [4.69, 9.17) is 16.3 Å². The summed E-state index contributed by atoms with van der Waals surface area (Å²) in [5.74, 6) is 0.776. The van der Waals surface area contributed by atoms with E-state index in [0.29, 0.717) is 17.7 Å². The van der Waals surface area contributed by atoms with Gasteiger partial charge in [-0.1, -0.05) is 54.4 Å². The Hall–Kier alpha value is -2.10. The van der Waals surface area contributed by atoms with Crippen LogP contribution in [0.5, 0.6) is 5.75 Å². The van der Waals surface area contributed by atoms with Gasteiger partial charge in [-0.05, 0) is 48.9 Å². The molecule has 0 spiro atoms. The van der Waals surface area contributed by atoms with Crippen LogP contribution in [-0.2, 0) is 0 Å². The van der Waals surface area contributed by atoms with Gasteiger partial charge in [-0.2, -0.15) is 0 Å². The second kappa shape index (κ2) is 8.73. The van der Waals surface area contributed by atoms with Gasteiger partial charge in [0.2, 0.25) is 0 Å². The van der Waals surface area contributed by atoms with E-state index in [0.717, 1.165) is 36.0 Å². The van der Waals surface area contributed by atoms with Crippen molar-refractivity contribution in [1.29, 1.82) is 0 Å². The fourth-order valence-electron chi connectivity index (χ4n) is 3.98. The first kappa shape index (κ1) is 18.3. The SMILES string of the molecule is Clc1c(OCCCN2CCCC[C@@H]2c2cccnc2)ccc2ccccc12. The Kier molecular flexibility index (Phi) is 5.90. The summed E-state index contributed by atoms with van der Waals surface area (Å²) in [5.41, 5.74) is 1.33. The first-order chi connectivity index (χ1) is 13.3. The Bertz CT molecular complexity index is 884. The Balaban J connectivity index is 1.35. The maximum atomic E-state index is 6.53. The summed E-state index contributed by atoms with van der Waals surface area (Å²) in [5, 5.41) is 2.89. The summed E-state index contributed by atoms with van der Waals surface area (Å²) in [6.45, 7) is 2.86. The monoisotopic (exact) mass is 380 g/mol. The fourth-order valence-corrected chi connectivity index (χ4v) is 4.27. The van der Waals surface area contributed by atoms with Crippen molar-refractivity contribution >= 4 is 22.4 Å². The van der Waals surface area contributed by atoms with Crippen LogP contribution in [0.2, 0.25) is 5.02 Å². The van der Waals surface area contributed by atoms with Crippen LogP contribution in [0.4, 0.5) is 0 Å². The number of piperidine rings is 1. The van der Waals surface area contributed by atoms with E-state index in [-0.39, 0.29) is 0 Å². The van der Waals surface area contributed by atoms with Gasteiger partial charge in [0.1, 0.15) is 5.75 Å². The first-order valence-corrected chi connectivity index (χ1v) is 10.1. The lowest BCUT2D eigenvalue weighted by Gasteiger charge is -2.35. The number of fused-ring (bicyclic) bond motifs is 1. The minimum atomic E-state index is 0.483. The number of ether oxygens (including phenoxy) is 1. The Morgan fingerprint density at radius 1 is 1.07 bits per heavy atom. The van der Waals surface area contributed by atoms with Gasteiger partial charge in [-0.25, -0.2) is 0 Å². The number of hydrogen-bond donors (Lipinski definition) is 0. The largest absolute Gasteiger partial charge is 0.492 e. The van der Waals surface area contributed by atoms with E-state index in [1.54, 1.807) is 0 Å². The van der Waals surface area contributed by atoms with E-state index in [1.165, 1.54) is 24.8 Å². The molecule has 0 saturated carbocycles. The third-order valence-electron chi connectivity index (χ3n) is 5.36. The minimum Gasteiger partial charge on any atom is -0.492 e. The predicted octanol–water partition coefficient (Wildman–Crippen LogP) is 5.88. The number of aromatic nitrogens is 1. The summed E-state index contributed by atoms with van der Waals surface area (Å²) >= 11 is 6.53. The highest BCUT2D eigenvalue weighted by Crippen LogP contribution is 2.33. The molecule has 0 unspecified atom stereocenters. The quantitative estimate of drug-likeness (QED) is 0.499. The maximum absolute atomic E-state index is 6.53. The molecule has 0 bridgehead atoms. The zero-order chi connectivity index (χ0) is 18.5. The van der Waals surface area contributed by atoms with Crippen molar-refractivity contribution in [2.45, 2.75) is 31.7 Å². The van der Waals surface area contributed by atoms with Gasteiger partial charge < -0.3 is 4.74 Å². The fraction of sp³-hybridized carbons (Fsp3) is 0.348. The highest BCUT2D eigenvalue weighted by molar-refractivity contribution is 6.37. The van der Waals surface area contributed by atoms with E-state index < -0.39 is 0 Å². The van der Waals surface area contributed by atoms with Crippen molar-refractivity contribution in [2.75, 3.05) is 19.7 Å². The number of rotatable bonds is 6. The Morgan fingerprint density at radius 3 is 2.89 bits per heavy atom. The van der Waals surface area contributed by atoms with Crippen LogP contribution in [0, 0.1) is 0 Å². The van der Waals surface area contributed by atoms with E-state index in [2.05, 4.69) is 28.1 Å². The van der Waals surface area contributed by atoms with Crippen LogP contribution < -0.4 is 4.74 Å². The molecule has 4 heteroatoms. The first-order valence-electron chi connectivity index (χ1n) is 9.77. The Morgan fingerprint density at radius 2 is 2.00 bits per heavy atom. The average molecular weight is 381 g/mol. The number of halogens is 1. The molecule has 2 heterocycles. The van der Waals surface area contributed by atoms with Crippen LogP contribution in [0.25, 0.3) is 10.8 Å². The third-order valence-corrected chi connectivity index (χ3v) is 5.75. The predicted molar refractivity (Wildman–Crippen MR) is 111 cm³/mol. The normalized spacial score (nSPS) is 17.9. The van der Waals surface area contributed by atoms with Crippen molar-refractivity contribution in [3.63, 3.8) is 0 Å². The molecule has 3 nitrogen and oxygen atoms in total. The summed E-state index contributed by atoms with van der Waals surface area (Å²) in [6, 6.07) is 16.9. The van der Waals surface area contributed by atoms with Crippen LogP contribution in [0.3, 0.4) is 0 Å². The van der Waals surface area contributed by atoms with Crippen molar-refractivity contribution in [2.24, 2.45) is 0 Å². The molecule has 1 saturated heterocycles. The molecule has 0 radical (unpaired) electrons. The van der Waals surface area contributed by atoms with Gasteiger partial charge in [-0.3, -0.25) is 9.88 Å². The van der Waals surface area contributed by atoms with Crippen molar-refractivity contribution in [1.82, 2.24) is 9.88 Å². The maximum Gasteiger partial charge on any atom is 0.138 e. The molecule has 1 aromatic heterocycles. The molecule has 0 N–H and O–H groups in total. The van der Waals surface area contributed by atoms with E-state index in [9.17, 15) is 0 Å². The van der Waals surface area contributed by atoms with Crippen LogP contribution in [0.15, 0.2) is 60.9 Å². The molecular weight excluding hydrogens is 356 g/mol. The third kappa shape index (κ3) is 4.26. The number of benzene rings is 2. The molecule has 0 amide bonds. The molecule has 3 aromatic rings. The summed E-state index contributed by atoms with van der Waals surface area (Å²) in [7, 11) is 0. The average Bonchev–Trinajstić information content (AvgIpc) is 2.74. The van der Waals surface area contributed by atoms with Gasteiger partial charge in [0.05, 0.1) is 11.6 Å². The zero-order valence-corrected chi connectivity index (χ0v) is 16.2. The lowest BCUT2D eigenvalue weighted by atomic mass is 9.96. The van der Waals surface area contributed by atoms with Crippen LogP contribution in [-0.4, -0.2) is 29.6 Å². The Labute approximate surface area is 165 Å². The van der Waals surface area contributed by atoms with Crippen LogP contribution >= 0.6 is 11.6 Å². The molecular formula is C23H25ClN2O. The molecule has 1 aliphatic heterocycles. The van der Waals surface area contributed by atoms with E-state index in [1.807, 2.05) is 42.7 Å². The van der Waals surface area contributed by atoms with Gasteiger partial charge >= 0.3 is 0 Å². The lowest BCUT2D eigenvalue weighted by Crippen LogP contribution is -2.34. The minimum absolute atomic E-state index is 0.483. The van der Waals surface area contributed by atoms with Gasteiger partial charge in [0, 0.05) is 30.4 Å². The highest BCUT2D eigenvalue weighted by Gasteiger charge is 2.23. The van der Waals surface area contributed by atoms with Crippen molar-refractivity contribution in [3.05, 3.63) is 71.5 Å². The highest BCUT2D eigenvalue weighted by atomic mass is 35.5. The number of likely N-dealkylation sites (tertiary alicyclic amines) is 1. The second-order valence-electron chi connectivity index (χ2n) is 7.13. The molecule has 27 heavy (non-hydrogen) atoms. The van der Waals surface area contributed by atoms with Crippen LogP contribution in [0.1, 0.15) is 37.3 Å². The molecule has 1 fully saturated rings. The van der Waals surface area contributed by atoms with Crippen molar-refractivity contribution < 1.29 is 4.74 Å². The number of pyridine rings is 1. The number of nitrogens with zero attached hydrogens (tertiary/aromatic N) is 2. The molecule has 1 aliphatic rings. The standard InChI is InChI=1S/C23H25ClN2O/c24-23-20-9-2-1-7-18(20)11-12-22(23)27-16-6-15-26-14-4-3-10-21(26)19-8-5-13-25-17-19/h1-2,5,7-9,11-13,17,21H,3-4,6,10,14-16H2/t21-/m1/s1. The second-order valence-corrected chi connectivity index (χ2v) is 7.51. The zero-order valence-electron chi connectivity index (χ0n) is 15.5. The van der Waals surface area contributed by atoms with Gasteiger partial charge in [-0.15, -0.1) is 0 Å². The topological polar surface area (TPSA) is 25.4 Å². The summed E-state index contributed by atoms with van der Waals surface area (Å²) in [6.07, 6.45) is 8.61. The summed E-state index contributed by atoms with van der Waals surface area (Å²) < 4.78 is 6.01. The molecule has 1 atom stereocenters. The van der Waals surface area contributed by atoms with E-state index >= 15 is 0 Å². The molecule has 140 valence electrons. The smallest absolute Gasteiger partial charge is 0.138 e. The molecule has 4 rings (SSSR count). The van der Waals surface area contributed by atoms with Gasteiger partial charge in [0.15, 0.2) is 0 Å². The molecule has 2 aromatic carbocycles. The van der Waals surface area contributed by atoms with Gasteiger partial charge in [0.25, 0.3) is 0 Å². The molecule has 0 aliphatic carbocycles. The number of hydrogen-bond acceptors (Lipinski definition) is 3. The lowest BCUT2D eigenvalue weighted by molar-refractivity contribution is 0.137.